The summed E-state index contributed by atoms with van der Waals surface area (Å²) in [6.07, 6.45) is 2.10. The molecule has 0 fully saturated rings. The molecule has 7 heteroatoms. The first kappa shape index (κ1) is 10.2. The molecule has 0 aliphatic heterocycles. The maximum absolute atomic E-state index is 10.7. The van der Waals surface area contributed by atoms with E-state index in [1.54, 1.807) is 0 Å². The minimum absolute atomic E-state index is 0. The van der Waals surface area contributed by atoms with Gasteiger partial charge in [0, 0.05) is 12.5 Å². The number of H-pyrrole nitrogens is 2. The van der Waals surface area contributed by atoms with Crippen LogP contribution in [0, 0.1) is 0 Å². The maximum atomic E-state index is 10.7. The number of halogens is 1. The van der Waals surface area contributed by atoms with Gasteiger partial charge in [0.2, 0.25) is 0 Å². The number of aromatic nitrogens is 2. The van der Waals surface area contributed by atoms with Crippen LogP contribution in [0.4, 0.5) is 0 Å². The summed E-state index contributed by atoms with van der Waals surface area (Å²) in [5.74, 6) is 0. The van der Waals surface area contributed by atoms with Crippen LogP contribution in [0.15, 0.2) is 15.9 Å². The maximum Gasteiger partial charge on any atom is 0.282 e. The zero-order valence-electron chi connectivity index (χ0n) is 5.62. The van der Waals surface area contributed by atoms with Gasteiger partial charge < -0.3 is 5.10 Å². The van der Waals surface area contributed by atoms with Gasteiger partial charge >= 0.3 is 0 Å². The second-order valence-electron chi connectivity index (χ2n) is 1.88. The lowest BCUT2D eigenvalue weighted by Crippen LogP contribution is -2.10. The summed E-state index contributed by atoms with van der Waals surface area (Å²) in [5.41, 5.74) is -0.609. The molecule has 1 aromatic rings. The van der Waals surface area contributed by atoms with Gasteiger partial charge in [-0.1, -0.05) is 0 Å². The third kappa shape index (κ3) is 2.09. The van der Waals surface area contributed by atoms with Crippen LogP contribution in [0.1, 0.15) is 0 Å². The normalized spacial score (nSPS) is 10.6. The van der Waals surface area contributed by atoms with Gasteiger partial charge in [-0.2, -0.15) is 0 Å². The second-order valence-corrected chi connectivity index (χ2v) is 3.86. The minimum atomic E-state index is -3.37. The lowest BCUT2D eigenvalue weighted by Gasteiger charge is -1.84. The van der Waals surface area contributed by atoms with Crippen LogP contribution < -0.4 is 5.56 Å². The minimum Gasteiger partial charge on any atom is -0.304 e. The molecule has 0 aliphatic carbocycles. The number of sulfone groups is 1. The van der Waals surface area contributed by atoms with Gasteiger partial charge in [0.25, 0.3) is 5.56 Å². The standard InChI is InChI=1S/C4H6N2O3S.ClH/c1-10(8,9)3-2-5-6-4(3)7;/h2H,1H3,(H2,5,6,7);1H. The Labute approximate surface area is 69.1 Å². The van der Waals surface area contributed by atoms with Crippen molar-refractivity contribution < 1.29 is 8.42 Å². The molecule has 0 aliphatic rings. The molecule has 64 valence electrons. The molecule has 0 amide bonds. The Morgan fingerprint density at radius 1 is 1.45 bits per heavy atom. The Balaban J connectivity index is 0.000001000. The summed E-state index contributed by atoms with van der Waals surface area (Å²) in [7, 11) is -3.37. The molecule has 0 bridgehead atoms. The van der Waals surface area contributed by atoms with Crippen LogP contribution >= 0.6 is 12.4 Å². The predicted molar refractivity (Wildman–Crippen MR) is 41.8 cm³/mol. The molecule has 11 heavy (non-hydrogen) atoms. The Morgan fingerprint density at radius 2 is 2.00 bits per heavy atom. The van der Waals surface area contributed by atoms with Gasteiger partial charge in [0.15, 0.2) is 14.7 Å². The molecule has 0 saturated carbocycles. The van der Waals surface area contributed by atoms with E-state index in [9.17, 15) is 13.2 Å². The molecule has 1 aromatic heterocycles. The van der Waals surface area contributed by atoms with Crippen LogP contribution in [0.5, 0.6) is 0 Å². The lowest BCUT2D eigenvalue weighted by molar-refractivity contribution is 0.601. The summed E-state index contributed by atoms with van der Waals surface area (Å²) in [4.78, 5) is 10.4. The van der Waals surface area contributed by atoms with Crippen LogP contribution in [0.2, 0.25) is 0 Å². The van der Waals surface area contributed by atoms with Crippen LogP contribution in [-0.2, 0) is 9.84 Å². The van der Waals surface area contributed by atoms with E-state index in [4.69, 9.17) is 0 Å². The number of hydrogen-bond acceptors (Lipinski definition) is 3. The lowest BCUT2D eigenvalue weighted by atomic mass is 10.7. The fraction of sp³-hybridized carbons (Fsp3) is 0.250. The van der Waals surface area contributed by atoms with Crippen molar-refractivity contribution in [3.63, 3.8) is 0 Å². The first-order valence-corrected chi connectivity index (χ1v) is 4.37. The van der Waals surface area contributed by atoms with Crippen molar-refractivity contribution in [1.82, 2.24) is 10.2 Å². The highest BCUT2D eigenvalue weighted by atomic mass is 35.5. The molecule has 0 aromatic carbocycles. The van der Waals surface area contributed by atoms with E-state index in [0.29, 0.717) is 0 Å². The molecule has 0 unspecified atom stereocenters. The highest BCUT2D eigenvalue weighted by Gasteiger charge is 2.11. The fourth-order valence-electron chi connectivity index (χ4n) is 0.570. The molecule has 0 saturated heterocycles. The van der Waals surface area contributed by atoms with Crippen molar-refractivity contribution in [1.29, 1.82) is 0 Å². The first-order chi connectivity index (χ1) is 4.52. The van der Waals surface area contributed by atoms with Crippen molar-refractivity contribution in [3.8, 4) is 0 Å². The van der Waals surface area contributed by atoms with Crippen LogP contribution in [-0.4, -0.2) is 24.9 Å². The van der Waals surface area contributed by atoms with Crippen LogP contribution in [0.25, 0.3) is 0 Å². The topological polar surface area (TPSA) is 82.8 Å². The zero-order chi connectivity index (χ0) is 7.78. The Kier molecular flexibility index (Phi) is 2.89. The number of nitrogens with one attached hydrogen (secondary N) is 2. The summed E-state index contributed by atoms with van der Waals surface area (Å²) >= 11 is 0. The third-order valence-electron chi connectivity index (χ3n) is 1.01. The number of hydrogen-bond donors (Lipinski definition) is 2. The van der Waals surface area contributed by atoms with Gasteiger partial charge in [-0.05, 0) is 0 Å². The first-order valence-electron chi connectivity index (χ1n) is 2.48. The fourth-order valence-corrected chi connectivity index (χ4v) is 1.23. The molecule has 1 rings (SSSR count). The van der Waals surface area contributed by atoms with Gasteiger partial charge in [-0.25, -0.2) is 8.42 Å². The summed E-state index contributed by atoms with van der Waals surface area (Å²) in [5, 5.41) is 4.40. The average molecular weight is 199 g/mol. The summed E-state index contributed by atoms with van der Waals surface area (Å²) < 4.78 is 21.3. The number of aromatic amines is 2. The largest absolute Gasteiger partial charge is 0.304 e. The molecule has 5 nitrogen and oxygen atoms in total. The van der Waals surface area contributed by atoms with E-state index in [2.05, 4.69) is 10.2 Å². The zero-order valence-corrected chi connectivity index (χ0v) is 7.25. The van der Waals surface area contributed by atoms with E-state index < -0.39 is 15.4 Å². The van der Waals surface area contributed by atoms with Crippen LogP contribution in [0.3, 0.4) is 0 Å². The smallest absolute Gasteiger partial charge is 0.282 e. The van der Waals surface area contributed by atoms with Crippen molar-refractivity contribution in [2.24, 2.45) is 0 Å². The second kappa shape index (κ2) is 3.10. The van der Waals surface area contributed by atoms with E-state index in [-0.39, 0.29) is 17.3 Å². The van der Waals surface area contributed by atoms with Gasteiger partial charge in [0.05, 0.1) is 0 Å². The third-order valence-corrected chi connectivity index (χ3v) is 2.11. The van der Waals surface area contributed by atoms with E-state index in [1.165, 1.54) is 0 Å². The summed E-state index contributed by atoms with van der Waals surface area (Å²) in [6, 6.07) is 0. The molecule has 1 heterocycles. The Bertz CT molecular complexity index is 376. The van der Waals surface area contributed by atoms with E-state index in [1.807, 2.05) is 0 Å². The Hall–Kier alpha value is -0.750. The average Bonchev–Trinajstić information content (AvgIpc) is 2.11. The van der Waals surface area contributed by atoms with E-state index in [0.717, 1.165) is 12.5 Å². The highest BCUT2D eigenvalue weighted by Crippen LogP contribution is 1.96. The number of rotatable bonds is 1. The molecule has 0 spiro atoms. The van der Waals surface area contributed by atoms with Gasteiger partial charge in [0.1, 0.15) is 0 Å². The van der Waals surface area contributed by atoms with Crippen molar-refractivity contribution >= 4 is 22.2 Å². The highest BCUT2D eigenvalue weighted by molar-refractivity contribution is 7.90. The summed E-state index contributed by atoms with van der Waals surface area (Å²) in [6.45, 7) is 0. The van der Waals surface area contributed by atoms with Crippen molar-refractivity contribution in [3.05, 3.63) is 16.6 Å². The van der Waals surface area contributed by atoms with Gasteiger partial charge in [-0.3, -0.25) is 9.89 Å². The molecule has 0 atom stereocenters. The predicted octanol–water partition coefficient (Wildman–Crippen LogP) is -0.472. The molecule has 0 radical (unpaired) electrons. The molecular weight excluding hydrogens is 192 g/mol. The molecule has 2 N–H and O–H groups in total. The Morgan fingerprint density at radius 3 is 2.18 bits per heavy atom. The van der Waals surface area contributed by atoms with Crippen molar-refractivity contribution in [2.45, 2.75) is 4.90 Å². The SMILES string of the molecule is CS(=O)(=O)c1c[nH][nH]c1=O.Cl. The van der Waals surface area contributed by atoms with E-state index >= 15 is 0 Å². The molecular formula is C4H7ClN2O3S. The van der Waals surface area contributed by atoms with Gasteiger partial charge in [-0.15, -0.1) is 12.4 Å². The van der Waals surface area contributed by atoms with Crippen molar-refractivity contribution in [2.75, 3.05) is 6.26 Å². The quantitative estimate of drug-likeness (QED) is 0.640. The monoisotopic (exact) mass is 198 g/mol.